The van der Waals surface area contributed by atoms with Crippen LogP contribution in [0.3, 0.4) is 0 Å². The van der Waals surface area contributed by atoms with Gasteiger partial charge in [0, 0.05) is 37.3 Å². The van der Waals surface area contributed by atoms with Crippen LogP contribution in [0.15, 0.2) is 29.8 Å². The van der Waals surface area contributed by atoms with E-state index >= 15 is 0 Å². The molecule has 4 rings (SSSR count). The van der Waals surface area contributed by atoms with E-state index in [2.05, 4.69) is 38.9 Å². The third-order valence-electron chi connectivity index (χ3n) is 4.65. The number of rotatable bonds is 5. The molecular weight excluding hydrogens is 308 g/mol. The summed E-state index contributed by atoms with van der Waals surface area (Å²) in [6.07, 6.45) is 4.36. The third kappa shape index (κ3) is 3.64. The van der Waals surface area contributed by atoms with Gasteiger partial charge >= 0.3 is 0 Å². The van der Waals surface area contributed by atoms with Crippen molar-refractivity contribution in [2.24, 2.45) is 11.8 Å². The summed E-state index contributed by atoms with van der Waals surface area (Å²) in [6, 6.07) is 6.31. The number of amides is 1. The zero-order valence-corrected chi connectivity index (χ0v) is 14.0. The fourth-order valence-electron chi connectivity index (χ4n) is 3.15. The summed E-state index contributed by atoms with van der Waals surface area (Å²) in [5.74, 6) is 0.860. The van der Waals surface area contributed by atoms with Crippen molar-refractivity contribution in [2.45, 2.75) is 32.5 Å². The van der Waals surface area contributed by atoms with Crippen LogP contribution in [0.2, 0.25) is 0 Å². The van der Waals surface area contributed by atoms with E-state index in [1.807, 2.05) is 10.9 Å². The van der Waals surface area contributed by atoms with Crippen LogP contribution < -0.4 is 5.32 Å². The minimum absolute atomic E-state index is 0.0325. The molecule has 1 N–H and O–H groups in total. The fraction of sp³-hybridized carbons (Fsp3) is 0.529. The Hall–Kier alpha value is -1.66. The smallest absolute Gasteiger partial charge is 0.226 e. The van der Waals surface area contributed by atoms with E-state index in [0.717, 1.165) is 26.2 Å². The molecule has 2 aromatic rings. The minimum Gasteiger partial charge on any atom is -0.355 e. The van der Waals surface area contributed by atoms with Crippen LogP contribution >= 0.6 is 11.3 Å². The molecule has 0 radical (unpaired) electrons. The summed E-state index contributed by atoms with van der Waals surface area (Å²) in [6.45, 7) is 4.06. The maximum Gasteiger partial charge on any atom is 0.226 e. The van der Waals surface area contributed by atoms with Crippen LogP contribution in [-0.2, 0) is 24.4 Å². The molecule has 1 amide bonds. The first-order valence-corrected chi connectivity index (χ1v) is 9.19. The number of carbonyl (C=O) groups excluding carboxylic acids is 1. The highest BCUT2D eigenvalue weighted by atomic mass is 32.1. The number of hydrogen-bond donors (Lipinski definition) is 1. The second-order valence-electron chi connectivity index (χ2n) is 6.64. The quantitative estimate of drug-likeness (QED) is 0.913. The monoisotopic (exact) mass is 330 g/mol. The Balaban J connectivity index is 1.47. The molecule has 0 saturated heterocycles. The Labute approximate surface area is 140 Å². The number of hydrogen-bond acceptors (Lipinski definition) is 4. The van der Waals surface area contributed by atoms with Crippen LogP contribution in [0.1, 0.15) is 23.4 Å². The first kappa shape index (κ1) is 14.9. The Morgan fingerprint density at radius 2 is 2.26 bits per heavy atom. The topological polar surface area (TPSA) is 50.2 Å². The molecule has 3 heterocycles. The second-order valence-corrected chi connectivity index (χ2v) is 7.67. The summed E-state index contributed by atoms with van der Waals surface area (Å²) >= 11 is 1.77. The average molecular weight is 330 g/mol. The molecule has 122 valence electrons. The molecule has 0 aromatic carbocycles. The molecule has 6 heteroatoms. The Kier molecular flexibility index (Phi) is 4.18. The van der Waals surface area contributed by atoms with Gasteiger partial charge in [-0.3, -0.25) is 14.4 Å². The summed E-state index contributed by atoms with van der Waals surface area (Å²) in [5, 5.41) is 9.65. The maximum absolute atomic E-state index is 12.6. The van der Waals surface area contributed by atoms with E-state index in [0.29, 0.717) is 12.5 Å². The molecular formula is C17H22N4OS. The molecule has 1 atom stereocenters. The summed E-state index contributed by atoms with van der Waals surface area (Å²) in [7, 11) is 0. The predicted octanol–water partition coefficient (Wildman–Crippen LogP) is 2.10. The van der Waals surface area contributed by atoms with Crippen LogP contribution in [0.4, 0.5) is 0 Å². The van der Waals surface area contributed by atoms with Crippen LogP contribution in [0, 0.1) is 11.8 Å². The normalized spacial score (nSPS) is 21.7. The third-order valence-corrected chi connectivity index (χ3v) is 5.52. The number of fused-ring (bicyclic) bond motifs is 1. The van der Waals surface area contributed by atoms with Gasteiger partial charge in [0.05, 0.1) is 18.2 Å². The molecule has 0 spiro atoms. The van der Waals surface area contributed by atoms with E-state index in [4.69, 9.17) is 0 Å². The maximum atomic E-state index is 12.6. The van der Waals surface area contributed by atoms with Gasteiger partial charge in [-0.15, -0.1) is 11.3 Å². The Bertz CT molecular complexity index is 662. The van der Waals surface area contributed by atoms with E-state index in [9.17, 15) is 4.79 Å². The SMILES string of the molecule is O=C(NCC1CC1)C1CN(Cc2cccs2)Cc2ccnn2C1. The largest absolute Gasteiger partial charge is 0.355 e. The molecule has 1 aliphatic heterocycles. The lowest BCUT2D eigenvalue weighted by atomic mass is 10.1. The number of aromatic nitrogens is 2. The Morgan fingerprint density at radius 3 is 3.04 bits per heavy atom. The van der Waals surface area contributed by atoms with Gasteiger partial charge < -0.3 is 5.32 Å². The van der Waals surface area contributed by atoms with E-state index < -0.39 is 0 Å². The van der Waals surface area contributed by atoms with Gasteiger partial charge in [0.1, 0.15) is 0 Å². The predicted molar refractivity (Wildman–Crippen MR) is 89.9 cm³/mol. The van der Waals surface area contributed by atoms with Crippen LogP contribution in [-0.4, -0.2) is 33.7 Å². The highest BCUT2D eigenvalue weighted by Gasteiger charge is 2.29. The molecule has 2 aliphatic rings. The van der Waals surface area contributed by atoms with E-state index in [1.165, 1.54) is 23.4 Å². The van der Waals surface area contributed by atoms with Crippen molar-refractivity contribution >= 4 is 17.2 Å². The first-order chi connectivity index (χ1) is 11.3. The summed E-state index contributed by atoms with van der Waals surface area (Å²) in [5.41, 5.74) is 1.19. The zero-order valence-electron chi connectivity index (χ0n) is 13.1. The van der Waals surface area contributed by atoms with Gasteiger partial charge in [-0.2, -0.15) is 5.10 Å². The number of thiophene rings is 1. The van der Waals surface area contributed by atoms with Gasteiger partial charge in [0.15, 0.2) is 0 Å². The zero-order chi connectivity index (χ0) is 15.6. The second kappa shape index (κ2) is 6.45. The van der Waals surface area contributed by atoms with Crippen molar-refractivity contribution in [3.8, 4) is 0 Å². The van der Waals surface area contributed by atoms with Gasteiger partial charge in [0.25, 0.3) is 0 Å². The minimum atomic E-state index is -0.0325. The molecule has 1 saturated carbocycles. The molecule has 1 fully saturated rings. The van der Waals surface area contributed by atoms with Gasteiger partial charge in [-0.05, 0) is 36.3 Å². The van der Waals surface area contributed by atoms with Gasteiger partial charge in [0.2, 0.25) is 5.91 Å². The molecule has 5 nitrogen and oxygen atoms in total. The van der Waals surface area contributed by atoms with E-state index in [-0.39, 0.29) is 11.8 Å². The standard InChI is InChI=1S/C17H22N4OS/c22-17(18-8-13-3-4-13)14-9-20(12-16-2-1-7-23-16)11-15-5-6-19-21(15)10-14/h1-2,5-7,13-14H,3-4,8-12H2,(H,18,22). The molecule has 1 aliphatic carbocycles. The average Bonchev–Trinajstić information content (AvgIpc) is 3.12. The molecule has 23 heavy (non-hydrogen) atoms. The lowest BCUT2D eigenvalue weighted by Gasteiger charge is -2.22. The van der Waals surface area contributed by atoms with Gasteiger partial charge in [-0.1, -0.05) is 6.07 Å². The first-order valence-electron chi connectivity index (χ1n) is 8.31. The van der Waals surface area contributed by atoms with Crippen molar-refractivity contribution in [1.82, 2.24) is 20.0 Å². The summed E-state index contributed by atoms with van der Waals surface area (Å²) < 4.78 is 2.00. The van der Waals surface area contributed by atoms with Crippen molar-refractivity contribution < 1.29 is 4.79 Å². The fourth-order valence-corrected chi connectivity index (χ4v) is 3.90. The van der Waals surface area contributed by atoms with Crippen molar-refractivity contribution in [3.05, 3.63) is 40.3 Å². The molecule has 0 bridgehead atoms. The van der Waals surface area contributed by atoms with Crippen LogP contribution in [0.5, 0.6) is 0 Å². The van der Waals surface area contributed by atoms with Crippen molar-refractivity contribution in [3.63, 3.8) is 0 Å². The number of carbonyl (C=O) groups is 1. The lowest BCUT2D eigenvalue weighted by Crippen LogP contribution is -2.39. The highest BCUT2D eigenvalue weighted by molar-refractivity contribution is 7.09. The number of nitrogens with zero attached hydrogens (tertiary/aromatic N) is 3. The van der Waals surface area contributed by atoms with Gasteiger partial charge in [-0.25, -0.2) is 0 Å². The summed E-state index contributed by atoms with van der Waals surface area (Å²) in [4.78, 5) is 16.3. The molecule has 1 unspecified atom stereocenters. The lowest BCUT2D eigenvalue weighted by molar-refractivity contribution is -0.126. The van der Waals surface area contributed by atoms with Crippen LogP contribution in [0.25, 0.3) is 0 Å². The van der Waals surface area contributed by atoms with E-state index in [1.54, 1.807) is 11.3 Å². The number of nitrogens with one attached hydrogen (secondary N) is 1. The van der Waals surface area contributed by atoms with Crippen molar-refractivity contribution in [2.75, 3.05) is 13.1 Å². The molecule has 2 aromatic heterocycles. The Morgan fingerprint density at radius 1 is 1.35 bits per heavy atom. The highest BCUT2D eigenvalue weighted by Crippen LogP contribution is 2.28. The van der Waals surface area contributed by atoms with Crippen molar-refractivity contribution in [1.29, 1.82) is 0 Å².